The fourth-order valence-corrected chi connectivity index (χ4v) is 10.5. The molecule has 4 nitrogen and oxygen atoms in total. The lowest BCUT2D eigenvalue weighted by molar-refractivity contribution is -0.177. The molecule has 4 saturated carbocycles. The van der Waals surface area contributed by atoms with Crippen LogP contribution in [0, 0.1) is 45.3 Å². The highest BCUT2D eigenvalue weighted by Gasteiger charge is 2.59. The van der Waals surface area contributed by atoms with Crippen molar-refractivity contribution in [3.05, 3.63) is 24.3 Å². The molecule has 38 heavy (non-hydrogen) atoms. The Kier molecular flexibility index (Phi) is 7.82. The van der Waals surface area contributed by atoms with Gasteiger partial charge in [-0.2, -0.15) is 0 Å². The molecule has 8 unspecified atom stereocenters. The van der Waals surface area contributed by atoms with Crippen molar-refractivity contribution in [3.8, 4) is 0 Å². The molecule has 0 aromatic rings. The summed E-state index contributed by atoms with van der Waals surface area (Å²) in [5, 5.41) is 0. The molecule has 4 heteroatoms. The molecule has 0 heterocycles. The highest BCUT2D eigenvalue weighted by molar-refractivity contribution is 5.66. The van der Waals surface area contributed by atoms with Crippen LogP contribution in [-0.4, -0.2) is 24.1 Å². The second kappa shape index (κ2) is 10.1. The fourth-order valence-electron chi connectivity index (χ4n) is 10.5. The summed E-state index contributed by atoms with van der Waals surface area (Å²) in [6, 6.07) is 0. The first-order valence-corrected chi connectivity index (χ1v) is 15.2. The molecule has 0 aromatic heterocycles. The summed E-state index contributed by atoms with van der Waals surface area (Å²) < 4.78 is 11.7. The minimum atomic E-state index is -0.159. The maximum absolute atomic E-state index is 11.9. The van der Waals surface area contributed by atoms with E-state index in [0.717, 1.165) is 64.2 Å². The average molecular weight is 527 g/mol. The molecule has 0 N–H and O–H groups in total. The molecule has 0 saturated heterocycles. The number of hydrogen-bond donors (Lipinski definition) is 0. The van der Waals surface area contributed by atoms with Gasteiger partial charge in [-0.1, -0.05) is 65.8 Å². The molecule has 214 valence electrons. The Bertz CT molecular complexity index is 897. The van der Waals surface area contributed by atoms with E-state index in [9.17, 15) is 9.59 Å². The zero-order chi connectivity index (χ0) is 28.3. The molecule has 8 atom stereocenters. The van der Waals surface area contributed by atoms with E-state index in [1.165, 1.54) is 11.1 Å². The van der Waals surface area contributed by atoms with Crippen molar-refractivity contribution in [1.82, 2.24) is 0 Å². The molecule has 0 aromatic carbocycles. The molecule has 4 aliphatic rings. The molecule has 0 radical (unpaired) electrons. The van der Waals surface area contributed by atoms with Gasteiger partial charge in [0.15, 0.2) is 0 Å². The van der Waals surface area contributed by atoms with Gasteiger partial charge in [-0.15, -0.1) is 0 Å². The lowest BCUT2D eigenvalue weighted by Crippen LogP contribution is -2.56. The van der Waals surface area contributed by atoms with Gasteiger partial charge in [0.25, 0.3) is 0 Å². The monoisotopic (exact) mass is 526 g/mol. The maximum atomic E-state index is 11.9. The van der Waals surface area contributed by atoms with Gasteiger partial charge in [0.05, 0.1) is 0 Å². The third-order valence-electron chi connectivity index (χ3n) is 12.4. The van der Waals surface area contributed by atoms with E-state index in [2.05, 4.69) is 54.7 Å². The van der Waals surface area contributed by atoms with Gasteiger partial charge in [0, 0.05) is 24.7 Å². The van der Waals surface area contributed by atoms with Crippen molar-refractivity contribution < 1.29 is 19.1 Å². The zero-order valence-corrected chi connectivity index (χ0v) is 25.6. The molecular weight excluding hydrogens is 472 g/mol. The van der Waals surface area contributed by atoms with E-state index in [1.807, 2.05) is 0 Å². The normalized spacial score (nSPS) is 42.0. The number of fused-ring (bicyclic) bond motifs is 2. The Morgan fingerprint density at radius 3 is 1.34 bits per heavy atom. The first kappa shape index (κ1) is 29.4. The van der Waals surface area contributed by atoms with E-state index in [0.29, 0.717) is 23.7 Å². The predicted octanol–water partition coefficient (Wildman–Crippen LogP) is 8.45. The number of hydrogen-bond acceptors (Lipinski definition) is 4. The minimum absolute atomic E-state index is 0.00230. The van der Waals surface area contributed by atoms with Crippen LogP contribution < -0.4 is 0 Å². The largest absolute Gasteiger partial charge is 0.462 e. The van der Waals surface area contributed by atoms with Crippen LogP contribution in [0.3, 0.4) is 0 Å². The van der Waals surface area contributed by atoms with Crippen molar-refractivity contribution in [2.24, 2.45) is 45.3 Å². The Balaban J connectivity index is 1.55. The van der Waals surface area contributed by atoms with Gasteiger partial charge in [-0.25, -0.2) is 0 Å². The number of allylic oxidation sites excluding steroid dienone is 2. The molecule has 4 aliphatic carbocycles. The van der Waals surface area contributed by atoms with Crippen molar-refractivity contribution in [1.29, 1.82) is 0 Å². The first-order chi connectivity index (χ1) is 17.5. The van der Waals surface area contributed by atoms with Gasteiger partial charge in [-0.05, 0) is 98.7 Å². The van der Waals surface area contributed by atoms with Gasteiger partial charge in [0.1, 0.15) is 12.2 Å². The molecule has 0 amide bonds. The van der Waals surface area contributed by atoms with Crippen LogP contribution in [0.1, 0.15) is 120 Å². The molecule has 4 rings (SSSR count). The molecular formula is C34H54O4. The summed E-state index contributed by atoms with van der Waals surface area (Å²) in [6.45, 7) is 26.7. The number of carbonyl (C=O) groups is 2. The SMILES string of the molecule is C=C1CCC2C(C)(C)C(OC(C)=O)CCC2(C)C1CCC1C(=C)CCC2C(C)(C)C(OC(C)=O)CCC12C. The predicted molar refractivity (Wildman–Crippen MR) is 153 cm³/mol. The van der Waals surface area contributed by atoms with Crippen LogP contribution in [0.25, 0.3) is 0 Å². The Labute approximate surface area is 232 Å². The average Bonchev–Trinajstić information content (AvgIpc) is 2.78. The molecule has 0 bridgehead atoms. The van der Waals surface area contributed by atoms with E-state index in [1.54, 1.807) is 13.8 Å². The zero-order valence-electron chi connectivity index (χ0n) is 25.6. The van der Waals surface area contributed by atoms with Crippen LogP contribution in [0.2, 0.25) is 0 Å². The standard InChI is InChI=1S/C34H54O4/c1-21-11-15-27-31(5,6)29(37-23(3)35)17-19-33(27,9)25(21)13-14-26-22(2)12-16-28-32(7,8)30(38-24(4)36)18-20-34(26,28)10/h25-30H,1-2,11-20H2,3-10H3. The summed E-state index contributed by atoms with van der Waals surface area (Å²) >= 11 is 0. The summed E-state index contributed by atoms with van der Waals surface area (Å²) in [7, 11) is 0. The van der Waals surface area contributed by atoms with Crippen LogP contribution >= 0.6 is 0 Å². The van der Waals surface area contributed by atoms with Crippen molar-refractivity contribution in [2.75, 3.05) is 0 Å². The van der Waals surface area contributed by atoms with Crippen molar-refractivity contribution in [3.63, 3.8) is 0 Å². The Morgan fingerprint density at radius 1 is 0.684 bits per heavy atom. The third-order valence-corrected chi connectivity index (χ3v) is 12.4. The van der Waals surface area contributed by atoms with Crippen LogP contribution in [0.5, 0.6) is 0 Å². The molecule has 0 aliphatic heterocycles. The third kappa shape index (κ3) is 4.81. The summed E-state index contributed by atoms with van der Waals surface area (Å²) in [5.74, 6) is 1.68. The van der Waals surface area contributed by atoms with Gasteiger partial charge >= 0.3 is 11.9 Å². The number of carbonyl (C=O) groups excluding carboxylic acids is 2. The van der Waals surface area contributed by atoms with Gasteiger partial charge in [0.2, 0.25) is 0 Å². The quantitative estimate of drug-likeness (QED) is 0.266. The highest BCUT2D eigenvalue weighted by Crippen LogP contribution is 2.65. The van der Waals surface area contributed by atoms with E-state index in [4.69, 9.17) is 9.47 Å². The van der Waals surface area contributed by atoms with Crippen molar-refractivity contribution >= 4 is 11.9 Å². The smallest absolute Gasteiger partial charge is 0.302 e. The van der Waals surface area contributed by atoms with E-state index < -0.39 is 0 Å². The summed E-state index contributed by atoms with van der Waals surface area (Å²) in [6.07, 6.45) is 10.8. The Morgan fingerprint density at radius 2 is 1.03 bits per heavy atom. The first-order valence-electron chi connectivity index (χ1n) is 15.2. The number of esters is 2. The minimum Gasteiger partial charge on any atom is -0.462 e. The number of rotatable bonds is 5. The molecule has 0 spiro atoms. The van der Waals surface area contributed by atoms with Crippen molar-refractivity contribution in [2.45, 2.75) is 132 Å². The summed E-state index contributed by atoms with van der Waals surface area (Å²) in [5.41, 5.74) is 3.13. The van der Waals surface area contributed by atoms with E-state index in [-0.39, 0.29) is 45.8 Å². The number of ether oxygens (including phenoxy) is 2. The van der Waals surface area contributed by atoms with Gasteiger partial charge < -0.3 is 9.47 Å². The second-order valence-corrected chi connectivity index (χ2v) is 15.1. The maximum Gasteiger partial charge on any atom is 0.302 e. The summed E-state index contributed by atoms with van der Waals surface area (Å²) in [4.78, 5) is 23.7. The lowest BCUT2D eigenvalue weighted by Gasteiger charge is -2.61. The van der Waals surface area contributed by atoms with Crippen LogP contribution in [-0.2, 0) is 19.1 Å². The lowest BCUT2D eigenvalue weighted by atomic mass is 9.44. The Hall–Kier alpha value is -1.58. The van der Waals surface area contributed by atoms with Crippen LogP contribution in [0.4, 0.5) is 0 Å². The highest BCUT2D eigenvalue weighted by atomic mass is 16.5. The van der Waals surface area contributed by atoms with Crippen LogP contribution in [0.15, 0.2) is 24.3 Å². The van der Waals surface area contributed by atoms with E-state index >= 15 is 0 Å². The van der Waals surface area contributed by atoms with Gasteiger partial charge in [-0.3, -0.25) is 9.59 Å². The topological polar surface area (TPSA) is 52.6 Å². The fraction of sp³-hybridized carbons (Fsp3) is 0.824. The molecule has 4 fully saturated rings. The second-order valence-electron chi connectivity index (χ2n) is 15.1.